The molecule has 0 aliphatic heterocycles. The van der Waals surface area contributed by atoms with Gasteiger partial charge in [-0.15, -0.1) is 0 Å². The Morgan fingerprint density at radius 1 is 1.03 bits per heavy atom. The van der Waals surface area contributed by atoms with E-state index in [1.165, 1.54) is 23.1 Å². The van der Waals surface area contributed by atoms with E-state index in [2.05, 4.69) is 5.32 Å². The van der Waals surface area contributed by atoms with Crippen LogP contribution in [-0.2, 0) is 26.2 Å². The number of nitrogens with one attached hydrogen (secondary N) is 1. The number of benzene rings is 2. The van der Waals surface area contributed by atoms with Crippen LogP contribution in [0.5, 0.6) is 0 Å². The van der Waals surface area contributed by atoms with Gasteiger partial charge in [0.25, 0.3) is 0 Å². The van der Waals surface area contributed by atoms with Crippen molar-refractivity contribution < 1.29 is 18.0 Å². The van der Waals surface area contributed by atoms with E-state index in [9.17, 15) is 18.0 Å². The highest BCUT2D eigenvalue weighted by Gasteiger charge is 2.32. The Morgan fingerprint density at radius 2 is 1.68 bits per heavy atom. The Labute approximate surface area is 216 Å². The van der Waals surface area contributed by atoms with E-state index in [0.29, 0.717) is 22.0 Å². The number of carbonyl (C=O) groups is 2. The summed E-state index contributed by atoms with van der Waals surface area (Å²) >= 11 is 18.5. The lowest BCUT2D eigenvalue weighted by atomic mass is 10.1. The molecule has 1 unspecified atom stereocenters. The summed E-state index contributed by atoms with van der Waals surface area (Å²) in [4.78, 5) is 27.9. The van der Waals surface area contributed by atoms with E-state index >= 15 is 0 Å². The molecule has 0 heterocycles. The van der Waals surface area contributed by atoms with Gasteiger partial charge in [-0.3, -0.25) is 13.9 Å². The Morgan fingerprint density at radius 3 is 2.21 bits per heavy atom. The Bertz CT molecular complexity index is 1140. The van der Waals surface area contributed by atoms with Gasteiger partial charge in [-0.1, -0.05) is 59.9 Å². The number of carbonyl (C=O) groups excluding carboxylic acids is 2. The molecular formula is C23H28Cl3N3O4S. The lowest BCUT2D eigenvalue weighted by Gasteiger charge is -2.33. The molecule has 0 spiro atoms. The molecule has 34 heavy (non-hydrogen) atoms. The highest BCUT2D eigenvalue weighted by Crippen LogP contribution is 2.31. The second kappa shape index (κ2) is 12.1. The lowest BCUT2D eigenvalue weighted by Crippen LogP contribution is -2.53. The van der Waals surface area contributed by atoms with Gasteiger partial charge >= 0.3 is 0 Å². The average Bonchev–Trinajstić information content (AvgIpc) is 2.72. The number of amides is 2. The van der Waals surface area contributed by atoms with Gasteiger partial charge in [-0.05, 0) is 50.1 Å². The highest BCUT2D eigenvalue weighted by molar-refractivity contribution is 7.92. The number of hydrogen-bond acceptors (Lipinski definition) is 4. The van der Waals surface area contributed by atoms with Crippen LogP contribution in [0.15, 0.2) is 42.5 Å². The number of nitrogens with zero attached hydrogens (tertiary/aromatic N) is 2. The Balaban J connectivity index is 2.49. The molecule has 0 aliphatic carbocycles. The highest BCUT2D eigenvalue weighted by atomic mass is 35.5. The van der Waals surface area contributed by atoms with E-state index in [0.717, 1.165) is 10.6 Å². The molecule has 7 nitrogen and oxygen atoms in total. The van der Waals surface area contributed by atoms with Gasteiger partial charge in [0.15, 0.2) is 0 Å². The van der Waals surface area contributed by atoms with Crippen molar-refractivity contribution in [2.75, 3.05) is 17.1 Å². The SMILES string of the molecule is CCC(C(=O)NC(C)C)N(Cc1ccccc1Cl)C(=O)CN(c1ccc(Cl)cc1Cl)S(C)(=O)=O. The quantitative estimate of drug-likeness (QED) is 0.464. The van der Waals surface area contributed by atoms with E-state index in [4.69, 9.17) is 34.8 Å². The number of sulfonamides is 1. The zero-order valence-electron chi connectivity index (χ0n) is 19.4. The predicted molar refractivity (Wildman–Crippen MR) is 138 cm³/mol. The van der Waals surface area contributed by atoms with Crippen LogP contribution in [0.2, 0.25) is 15.1 Å². The molecule has 0 aliphatic rings. The summed E-state index contributed by atoms with van der Waals surface area (Å²) in [7, 11) is -3.90. The van der Waals surface area contributed by atoms with Gasteiger partial charge in [0, 0.05) is 22.6 Å². The van der Waals surface area contributed by atoms with Crippen molar-refractivity contribution in [3.05, 3.63) is 63.1 Å². The van der Waals surface area contributed by atoms with Crippen molar-refractivity contribution >= 4 is 62.3 Å². The fourth-order valence-corrected chi connectivity index (χ4v) is 5.01. The van der Waals surface area contributed by atoms with Crippen LogP contribution in [0.1, 0.15) is 32.8 Å². The molecule has 0 saturated carbocycles. The Kier molecular flexibility index (Phi) is 10.1. The predicted octanol–water partition coefficient (Wildman–Crippen LogP) is 4.74. The standard InChI is InChI=1S/C23H28Cl3N3O4S/c1-5-20(23(31)27-15(2)3)28(13-16-8-6-7-9-18(16)25)22(30)14-29(34(4,32)33)21-11-10-17(24)12-19(21)26/h6-12,15,20H,5,13-14H2,1-4H3,(H,27,31). The zero-order chi connectivity index (χ0) is 25.6. The van der Waals surface area contributed by atoms with Crippen molar-refractivity contribution in [2.45, 2.75) is 45.8 Å². The van der Waals surface area contributed by atoms with Gasteiger partial charge in [-0.2, -0.15) is 0 Å². The largest absolute Gasteiger partial charge is 0.352 e. The average molecular weight is 549 g/mol. The van der Waals surface area contributed by atoms with Crippen LogP contribution in [0.3, 0.4) is 0 Å². The first-order chi connectivity index (χ1) is 15.8. The van der Waals surface area contributed by atoms with Crippen molar-refractivity contribution in [3.63, 3.8) is 0 Å². The van der Waals surface area contributed by atoms with Crippen molar-refractivity contribution in [3.8, 4) is 0 Å². The van der Waals surface area contributed by atoms with Crippen molar-refractivity contribution in [2.24, 2.45) is 0 Å². The monoisotopic (exact) mass is 547 g/mol. The minimum atomic E-state index is -3.90. The maximum absolute atomic E-state index is 13.6. The molecule has 0 bridgehead atoms. The normalized spacial score (nSPS) is 12.4. The lowest BCUT2D eigenvalue weighted by molar-refractivity contribution is -0.140. The van der Waals surface area contributed by atoms with Crippen molar-refractivity contribution in [1.29, 1.82) is 0 Å². The molecule has 2 aromatic rings. The molecule has 2 aromatic carbocycles. The summed E-state index contributed by atoms with van der Waals surface area (Å²) in [5.41, 5.74) is 0.739. The fourth-order valence-electron chi connectivity index (χ4n) is 3.39. The van der Waals surface area contributed by atoms with Gasteiger partial charge in [-0.25, -0.2) is 8.42 Å². The van der Waals surface area contributed by atoms with E-state index in [-0.39, 0.29) is 29.2 Å². The zero-order valence-corrected chi connectivity index (χ0v) is 22.5. The topological polar surface area (TPSA) is 86.8 Å². The van der Waals surface area contributed by atoms with E-state index in [1.807, 2.05) is 13.8 Å². The summed E-state index contributed by atoms with van der Waals surface area (Å²) in [5, 5.41) is 3.66. The van der Waals surface area contributed by atoms with E-state index in [1.54, 1.807) is 31.2 Å². The smallest absolute Gasteiger partial charge is 0.244 e. The van der Waals surface area contributed by atoms with Gasteiger partial charge < -0.3 is 10.2 Å². The van der Waals surface area contributed by atoms with Crippen LogP contribution in [0, 0.1) is 0 Å². The number of anilines is 1. The molecule has 0 saturated heterocycles. The summed E-state index contributed by atoms with van der Waals surface area (Å²) in [6.45, 7) is 4.88. The molecule has 11 heteroatoms. The number of halogens is 3. The summed E-state index contributed by atoms with van der Waals surface area (Å²) in [5.74, 6) is -0.921. The number of rotatable bonds is 10. The minimum absolute atomic E-state index is 0.0223. The molecule has 2 rings (SSSR count). The van der Waals surface area contributed by atoms with Gasteiger partial charge in [0.1, 0.15) is 12.6 Å². The van der Waals surface area contributed by atoms with Crippen LogP contribution >= 0.6 is 34.8 Å². The van der Waals surface area contributed by atoms with Crippen LogP contribution in [0.25, 0.3) is 0 Å². The molecule has 186 valence electrons. The molecule has 0 fully saturated rings. The maximum atomic E-state index is 13.6. The first-order valence-electron chi connectivity index (χ1n) is 10.6. The van der Waals surface area contributed by atoms with Gasteiger partial charge in [0.05, 0.1) is 17.0 Å². The first-order valence-corrected chi connectivity index (χ1v) is 13.6. The van der Waals surface area contributed by atoms with Crippen LogP contribution < -0.4 is 9.62 Å². The second-order valence-electron chi connectivity index (χ2n) is 8.07. The van der Waals surface area contributed by atoms with Crippen molar-refractivity contribution in [1.82, 2.24) is 10.2 Å². The summed E-state index contributed by atoms with van der Waals surface area (Å²) in [6.07, 6.45) is 1.29. The fraction of sp³-hybridized carbons (Fsp3) is 0.391. The summed E-state index contributed by atoms with van der Waals surface area (Å²) < 4.78 is 26.1. The van der Waals surface area contributed by atoms with Crippen LogP contribution in [0.4, 0.5) is 5.69 Å². The maximum Gasteiger partial charge on any atom is 0.244 e. The van der Waals surface area contributed by atoms with E-state index < -0.39 is 28.5 Å². The molecule has 0 aromatic heterocycles. The third-order valence-corrected chi connectivity index (χ3v) is 7.01. The minimum Gasteiger partial charge on any atom is -0.352 e. The molecule has 1 atom stereocenters. The molecule has 2 amide bonds. The number of hydrogen-bond donors (Lipinski definition) is 1. The third-order valence-electron chi connectivity index (χ3n) is 4.97. The Hall–Kier alpha value is -2.00. The van der Waals surface area contributed by atoms with Gasteiger partial charge in [0.2, 0.25) is 21.8 Å². The molecular weight excluding hydrogens is 521 g/mol. The third kappa shape index (κ3) is 7.50. The van der Waals surface area contributed by atoms with Crippen LogP contribution in [-0.4, -0.2) is 50.0 Å². The molecule has 0 radical (unpaired) electrons. The second-order valence-corrected chi connectivity index (χ2v) is 11.2. The molecule has 1 N–H and O–H groups in total. The first kappa shape index (κ1) is 28.2. The summed E-state index contributed by atoms with van der Waals surface area (Å²) in [6, 6.07) is 10.3.